The average molecular weight is 382 g/mol. The molecule has 4 heterocycles. The maximum absolute atomic E-state index is 12.8. The minimum Gasteiger partial charge on any atom is -0.496 e. The minimum absolute atomic E-state index is 0.320. The van der Waals surface area contributed by atoms with Gasteiger partial charge in [0.25, 0.3) is 5.91 Å². The number of hydrogen-bond donors (Lipinski definition) is 1. The monoisotopic (exact) mass is 382 g/mol. The van der Waals surface area contributed by atoms with Crippen molar-refractivity contribution < 1.29 is 19.0 Å². The van der Waals surface area contributed by atoms with Crippen LogP contribution in [0.3, 0.4) is 0 Å². The van der Waals surface area contributed by atoms with Crippen molar-refractivity contribution in [2.45, 2.75) is 12.8 Å². The maximum Gasteiger partial charge on any atom is 0.262 e. The molecule has 0 spiro atoms. The number of imidazole rings is 1. The van der Waals surface area contributed by atoms with Crippen molar-refractivity contribution in [3.8, 4) is 11.6 Å². The predicted octanol–water partition coefficient (Wildman–Crippen LogP) is 2.58. The highest BCUT2D eigenvalue weighted by molar-refractivity contribution is 6.05. The van der Waals surface area contributed by atoms with Gasteiger partial charge in [-0.2, -0.15) is 4.98 Å². The second-order valence-electron chi connectivity index (χ2n) is 6.71. The Balaban J connectivity index is 1.60. The number of carbonyl (C=O) groups excluding carboxylic acids is 1. The normalized spacial score (nSPS) is 16.3. The summed E-state index contributed by atoms with van der Waals surface area (Å²) in [5, 5.41) is 2.78. The number of aromatic nitrogens is 3. The van der Waals surface area contributed by atoms with E-state index in [-0.39, 0.29) is 5.91 Å². The number of amides is 1. The van der Waals surface area contributed by atoms with Crippen LogP contribution in [-0.4, -0.2) is 47.7 Å². The molecule has 1 N–H and O–H groups in total. The van der Waals surface area contributed by atoms with Gasteiger partial charge >= 0.3 is 0 Å². The lowest BCUT2D eigenvalue weighted by molar-refractivity contribution is 0.102. The van der Waals surface area contributed by atoms with E-state index in [0.29, 0.717) is 28.9 Å². The fraction of sp³-hybridized carbons (Fsp3) is 0.350. The van der Waals surface area contributed by atoms with E-state index in [4.69, 9.17) is 14.2 Å². The first-order chi connectivity index (χ1) is 13.7. The van der Waals surface area contributed by atoms with Crippen molar-refractivity contribution in [3.05, 3.63) is 47.9 Å². The summed E-state index contributed by atoms with van der Waals surface area (Å²) < 4.78 is 17.8. The third-order valence-electron chi connectivity index (χ3n) is 4.77. The molecule has 1 atom stereocenters. The molecule has 0 aromatic carbocycles. The van der Waals surface area contributed by atoms with Crippen molar-refractivity contribution in [2.75, 3.05) is 32.8 Å². The zero-order chi connectivity index (χ0) is 19.5. The van der Waals surface area contributed by atoms with Crippen molar-refractivity contribution >= 4 is 17.4 Å². The highest BCUT2D eigenvalue weighted by Crippen LogP contribution is 2.24. The lowest BCUT2D eigenvalue weighted by atomic mass is 10.0. The Hall–Kier alpha value is -3.13. The van der Waals surface area contributed by atoms with Crippen LogP contribution in [0, 0.1) is 5.92 Å². The van der Waals surface area contributed by atoms with Crippen molar-refractivity contribution in [2.24, 2.45) is 5.92 Å². The summed E-state index contributed by atoms with van der Waals surface area (Å²) in [4.78, 5) is 21.7. The third kappa shape index (κ3) is 3.77. The van der Waals surface area contributed by atoms with Gasteiger partial charge in [-0.15, -0.1) is 0 Å². The highest BCUT2D eigenvalue weighted by atomic mass is 16.5. The van der Waals surface area contributed by atoms with Gasteiger partial charge in [0, 0.05) is 37.7 Å². The van der Waals surface area contributed by atoms with Gasteiger partial charge < -0.3 is 23.9 Å². The van der Waals surface area contributed by atoms with Crippen LogP contribution in [0.15, 0.2) is 36.7 Å². The zero-order valence-corrected chi connectivity index (χ0v) is 15.8. The average Bonchev–Trinajstić information content (AvgIpc) is 3.36. The van der Waals surface area contributed by atoms with Crippen LogP contribution in [0.5, 0.6) is 11.6 Å². The largest absolute Gasteiger partial charge is 0.496 e. The van der Waals surface area contributed by atoms with E-state index in [1.54, 1.807) is 30.5 Å². The number of anilines is 1. The number of pyridine rings is 2. The summed E-state index contributed by atoms with van der Waals surface area (Å²) in [7, 11) is 3.06. The molecular weight excluding hydrogens is 360 g/mol. The van der Waals surface area contributed by atoms with Gasteiger partial charge in [-0.25, -0.2) is 4.98 Å². The van der Waals surface area contributed by atoms with Gasteiger partial charge in [-0.05, 0) is 24.8 Å². The van der Waals surface area contributed by atoms with Gasteiger partial charge in [0.1, 0.15) is 17.2 Å². The summed E-state index contributed by atoms with van der Waals surface area (Å²) >= 11 is 0. The molecule has 1 saturated heterocycles. The van der Waals surface area contributed by atoms with E-state index in [2.05, 4.69) is 15.3 Å². The van der Waals surface area contributed by atoms with Crippen LogP contribution < -0.4 is 14.8 Å². The molecule has 1 aliphatic heterocycles. The Morgan fingerprint density at radius 2 is 2.18 bits per heavy atom. The fourth-order valence-corrected chi connectivity index (χ4v) is 3.33. The zero-order valence-electron chi connectivity index (χ0n) is 15.8. The maximum atomic E-state index is 12.8. The molecule has 1 unspecified atom stereocenters. The number of carbonyl (C=O) groups is 1. The Kier molecular flexibility index (Phi) is 5.12. The lowest BCUT2D eigenvalue weighted by Gasteiger charge is -2.10. The van der Waals surface area contributed by atoms with Crippen LogP contribution >= 0.6 is 0 Å². The summed E-state index contributed by atoms with van der Waals surface area (Å²) in [6, 6.07) is 6.94. The number of ether oxygens (including phenoxy) is 3. The number of nitrogens with zero attached hydrogens (tertiary/aromatic N) is 3. The number of nitrogens with one attached hydrogen (secondary N) is 1. The van der Waals surface area contributed by atoms with Gasteiger partial charge in [-0.1, -0.05) is 6.07 Å². The van der Waals surface area contributed by atoms with Gasteiger partial charge in [0.05, 0.1) is 25.5 Å². The summed E-state index contributed by atoms with van der Waals surface area (Å²) in [5.74, 6) is 1.45. The molecule has 8 nitrogen and oxygen atoms in total. The molecule has 28 heavy (non-hydrogen) atoms. The number of rotatable bonds is 6. The molecule has 1 amide bonds. The summed E-state index contributed by atoms with van der Waals surface area (Å²) in [6.07, 6.45) is 5.59. The minimum atomic E-state index is -0.320. The molecule has 0 saturated carbocycles. The third-order valence-corrected chi connectivity index (χ3v) is 4.77. The molecule has 8 heteroatoms. The molecule has 0 aliphatic carbocycles. The second-order valence-corrected chi connectivity index (χ2v) is 6.71. The molecule has 146 valence electrons. The summed E-state index contributed by atoms with van der Waals surface area (Å²) in [5.41, 5.74) is 2.11. The first-order valence-corrected chi connectivity index (χ1v) is 9.12. The fourth-order valence-electron chi connectivity index (χ4n) is 3.33. The first kappa shape index (κ1) is 18.2. The molecule has 3 aromatic heterocycles. The van der Waals surface area contributed by atoms with E-state index >= 15 is 0 Å². The molecule has 1 fully saturated rings. The van der Waals surface area contributed by atoms with Crippen molar-refractivity contribution in [1.29, 1.82) is 0 Å². The Morgan fingerprint density at radius 3 is 2.93 bits per heavy atom. The lowest BCUT2D eigenvalue weighted by Crippen LogP contribution is -2.15. The van der Waals surface area contributed by atoms with Crippen LogP contribution in [-0.2, 0) is 11.2 Å². The number of fused-ring (bicyclic) bond motifs is 1. The van der Waals surface area contributed by atoms with Gasteiger partial charge in [-0.3, -0.25) is 4.79 Å². The van der Waals surface area contributed by atoms with Crippen molar-refractivity contribution in [1.82, 2.24) is 14.4 Å². The van der Waals surface area contributed by atoms with E-state index in [1.807, 2.05) is 10.6 Å². The summed E-state index contributed by atoms with van der Waals surface area (Å²) in [6.45, 7) is 1.59. The molecular formula is C20H22N4O4. The van der Waals surface area contributed by atoms with Crippen LogP contribution in [0.2, 0.25) is 0 Å². The standard InChI is InChI=1S/C20H22N4O4/c1-26-16-9-18-21-14(8-13-6-7-28-12-13)10-24(18)11-15(16)20(25)23-17-4-3-5-19(22-17)27-2/h3-5,9-11,13H,6-8,12H2,1-2H3,(H,22,23,25). The quantitative estimate of drug-likeness (QED) is 0.705. The number of hydrogen-bond acceptors (Lipinski definition) is 6. The van der Waals surface area contributed by atoms with Crippen LogP contribution in [0.4, 0.5) is 5.82 Å². The van der Waals surface area contributed by atoms with Gasteiger partial charge in [0.15, 0.2) is 0 Å². The van der Waals surface area contributed by atoms with E-state index in [9.17, 15) is 4.79 Å². The van der Waals surface area contributed by atoms with E-state index in [1.165, 1.54) is 14.2 Å². The number of methoxy groups -OCH3 is 2. The van der Waals surface area contributed by atoms with E-state index < -0.39 is 0 Å². The van der Waals surface area contributed by atoms with E-state index in [0.717, 1.165) is 37.4 Å². The SMILES string of the molecule is COc1cccc(NC(=O)c2cn3cc(CC4CCOC4)nc3cc2OC)n1. The second kappa shape index (κ2) is 7.85. The molecule has 0 radical (unpaired) electrons. The Labute approximate surface area is 162 Å². The molecule has 0 bridgehead atoms. The van der Waals surface area contributed by atoms with Crippen LogP contribution in [0.1, 0.15) is 22.5 Å². The topological polar surface area (TPSA) is 87.0 Å². The Morgan fingerprint density at radius 1 is 1.29 bits per heavy atom. The van der Waals surface area contributed by atoms with Crippen LogP contribution in [0.25, 0.3) is 5.65 Å². The van der Waals surface area contributed by atoms with Gasteiger partial charge in [0.2, 0.25) is 5.88 Å². The molecule has 4 rings (SSSR count). The Bertz CT molecular complexity index is 995. The highest BCUT2D eigenvalue weighted by Gasteiger charge is 2.19. The predicted molar refractivity (Wildman–Crippen MR) is 103 cm³/mol. The smallest absolute Gasteiger partial charge is 0.262 e. The molecule has 3 aromatic rings. The molecule has 1 aliphatic rings. The van der Waals surface area contributed by atoms with Crippen molar-refractivity contribution in [3.63, 3.8) is 0 Å². The first-order valence-electron chi connectivity index (χ1n) is 9.12.